The summed E-state index contributed by atoms with van der Waals surface area (Å²) in [6, 6.07) is 9.47. The van der Waals surface area contributed by atoms with Crippen molar-refractivity contribution in [1.82, 2.24) is 10.2 Å². The van der Waals surface area contributed by atoms with Gasteiger partial charge in [-0.3, -0.25) is 0 Å². The number of hydrogen-bond acceptors (Lipinski definition) is 5. The molecule has 1 aliphatic rings. The number of ether oxygens (including phenoxy) is 2. The SMILES string of the molecule is CC(C)(C)OC(=O)NC1(CC=O)CCN(C(=O)OCc2ccccc2)CC1. The van der Waals surface area contributed by atoms with E-state index in [0.29, 0.717) is 25.9 Å². The molecule has 0 spiro atoms. The monoisotopic (exact) mass is 376 g/mol. The van der Waals surface area contributed by atoms with Gasteiger partial charge >= 0.3 is 12.2 Å². The molecule has 0 aliphatic carbocycles. The average Bonchev–Trinajstić information content (AvgIpc) is 2.59. The molecular weight excluding hydrogens is 348 g/mol. The first-order valence-electron chi connectivity index (χ1n) is 9.13. The predicted octanol–water partition coefficient (Wildman–Crippen LogP) is 3.27. The molecule has 0 atom stereocenters. The van der Waals surface area contributed by atoms with Crippen LogP contribution < -0.4 is 5.32 Å². The Labute approximate surface area is 160 Å². The summed E-state index contributed by atoms with van der Waals surface area (Å²) in [5, 5.41) is 2.84. The zero-order valence-corrected chi connectivity index (χ0v) is 16.2. The molecule has 7 nitrogen and oxygen atoms in total. The number of benzene rings is 1. The van der Waals surface area contributed by atoms with Crippen molar-refractivity contribution < 1.29 is 23.9 Å². The van der Waals surface area contributed by atoms with Crippen LogP contribution in [-0.2, 0) is 20.9 Å². The Morgan fingerprint density at radius 3 is 2.37 bits per heavy atom. The van der Waals surface area contributed by atoms with Gasteiger partial charge in [0, 0.05) is 19.5 Å². The van der Waals surface area contributed by atoms with Crippen LogP contribution in [0.4, 0.5) is 9.59 Å². The van der Waals surface area contributed by atoms with Crippen LogP contribution in [0.5, 0.6) is 0 Å². The number of rotatable bonds is 5. The standard InChI is InChI=1S/C20H28N2O5/c1-19(2,3)27-17(24)21-20(11-14-23)9-12-22(13-10-20)18(25)26-15-16-7-5-4-6-8-16/h4-8,14H,9-13,15H2,1-3H3,(H,21,24). The minimum Gasteiger partial charge on any atom is -0.445 e. The summed E-state index contributed by atoms with van der Waals surface area (Å²) in [6.07, 6.45) is 0.955. The fourth-order valence-corrected chi connectivity index (χ4v) is 2.99. The molecule has 1 heterocycles. The van der Waals surface area contributed by atoms with E-state index in [0.717, 1.165) is 11.8 Å². The summed E-state index contributed by atoms with van der Waals surface area (Å²) in [6.45, 7) is 6.36. The van der Waals surface area contributed by atoms with Crippen LogP contribution in [0.15, 0.2) is 30.3 Å². The van der Waals surface area contributed by atoms with Gasteiger partial charge in [-0.05, 0) is 39.2 Å². The van der Waals surface area contributed by atoms with Gasteiger partial charge in [0.15, 0.2) is 0 Å². The summed E-state index contributed by atoms with van der Waals surface area (Å²) >= 11 is 0. The van der Waals surface area contributed by atoms with Gasteiger partial charge in [-0.1, -0.05) is 30.3 Å². The molecule has 0 aromatic heterocycles. The van der Waals surface area contributed by atoms with Crippen LogP contribution in [0.2, 0.25) is 0 Å². The first-order chi connectivity index (χ1) is 12.7. The highest BCUT2D eigenvalue weighted by molar-refractivity contribution is 5.71. The quantitative estimate of drug-likeness (QED) is 0.797. The maximum atomic E-state index is 12.3. The third-order valence-electron chi connectivity index (χ3n) is 4.42. The first-order valence-corrected chi connectivity index (χ1v) is 9.13. The van der Waals surface area contributed by atoms with Crippen molar-refractivity contribution in [1.29, 1.82) is 0 Å². The molecule has 0 unspecified atom stereocenters. The summed E-state index contributed by atoms with van der Waals surface area (Å²) in [5.74, 6) is 0. The van der Waals surface area contributed by atoms with Crippen LogP contribution in [0.3, 0.4) is 0 Å². The second-order valence-electron chi connectivity index (χ2n) is 7.81. The van der Waals surface area contributed by atoms with Crippen LogP contribution in [0.25, 0.3) is 0 Å². The van der Waals surface area contributed by atoms with Crippen molar-refractivity contribution in [2.24, 2.45) is 0 Å². The lowest BCUT2D eigenvalue weighted by Gasteiger charge is -2.41. The van der Waals surface area contributed by atoms with Crippen molar-refractivity contribution in [3.8, 4) is 0 Å². The number of amides is 2. The zero-order valence-electron chi connectivity index (χ0n) is 16.2. The molecule has 1 N–H and O–H groups in total. The smallest absolute Gasteiger partial charge is 0.410 e. The highest BCUT2D eigenvalue weighted by Crippen LogP contribution is 2.26. The molecule has 7 heteroatoms. The van der Waals surface area contributed by atoms with Crippen molar-refractivity contribution in [2.75, 3.05) is 13.1 Å². The Morgan fingerprint density at radius 1 is 1.19 bits per heavy atom. The Kier molecular flexibility index (Phi) is 6.82. The van der Waals surface area contributed by atoms with Gasteiger partial charge in [0.25, 0.3) is 0 Å². The maximum Gasteiger partial charge on any atom is 0.410 e. The fraction of sp³-hybridized carbons (Fsp3) is 0.550. The van der Waals surface area contributed by atoms with Crippen molar-refractivity contribution in [3.05, 3.63) is 35.9 Å². The third-order valence-corrected chi connectivity index (χ3v) is 4.42. The average molecular weight is 376 g/mol. The molecule has 1 aromatic carbocycles. The molecule has 0 radical (unpaired) electrons. The van der Waals surface area contributed by atoms with Crippen molar-refractivity contribution >= 4 is 18.5 Å². The topological polar surface area (TPSA) is 84.9 Å². The molecule has 1 aliphatic heterocycles. The second kappa shape index (κ2) is 8.88. The molecule has 1 saturated heterocycles. The first kappa shape index (κ1) is 20.7. The van der Waals surface area contributed by atoms with E-state index in [1.807, 2.05) is 30.3 Å². The molecule has 0 saturated carbocycles. The van der Waals surface area contributed by atoms with Gasteiger partial charge in [-0.15, -0.1) is 0 Å². The van der Waals surface area contributed by atoms with Gasteiger partial charge in [-0.25, -0.2) is 9.59 Å². The number of alkyl carbamates (subject to hydrolysis) is 1. The molecule has 2 amide bonds. The number of nitrogens with one attached hydrogen (secondary N) is 1. The Hall–Kier alpha value is -2.57. The van der Waals surface area contributed by atoms with E-state index < -0.39 is 23.3 Å². The van der Waals surface area contributed by atoms with E-state index >= 15 is 0 Å². The normalized spacial score (nSPS) is 16.3. The van der Waals surface area contributed by atoms with E-state index in [2.05, 4.69) is 5.32 Å². The Bertz CT molecular complexity index is 646. The minimum atomic E-state index is -0.694. The predicted molar refractivity (Wildman–Crippen MR) is 100 cm³/mol. The van der Waals surface area contributed by atoms with Crippen molar-refractivity contribution in [3.63, 3.8) is 0 Å². The maximum absolute atomic E-state index is 12.3. The summed E-state index contributed by atoms with van der Waals surface area (Å²) < 4.78 is 10.7. The summed E-state index contributed by atoms with van der Waals surface area (Å²) in [4.78, 5) is 37.1. The van der Waals surface area contributed by atoms with E-state index in [1.54, 1.807) is 25.7 Å². The number of nitrogens with zero attached hydrogens (tertiary/aromatic N) is 1. The highest BCUT2D eigenvalue weighted by Gasteiger charge is 2.38. The molecule has 1 fully saturated rings. The molecule has 27 heavy (non-hydrogen) atoms. The molecule has 1 aromatic rings. The minimum absolute atomic E-state index is 0.180. The fourth-order valence-electron chi connectivity index (χ4n) is 2.99. The lowest BCUT2D eigenvalue weighted by atomic mass is 9.85. The number of likely N-dealkylation sites (tertiary alicyclic amines) is 1. The van der Waals surface area contributed by atoms with E-state index in [4.69, 9.17) is 9.47 Å². The Balaban J connectivity index is 1.88. The van der Waals surface area contributed by atoms with Crippen LogP contribution in [0, 0.1) is 0 Å². The van der Waals surface area contributed by atoms with Crippen LogP contribution >= 0.6 is 0 Å². The van der Waals surface area contributed by atoms with Gasteiger partial charge in [0.05, 0.1) is 5.54 Å². The number of aldehydes is 1. The van der Waals surface area contributed by atoms with Crippen LogP contribution in [0.1, 0.15) is 45.6 Å². The van der Waals surface area contributed by atoms with Gasteiger partial charge < -0.3 is 24.5 Å². The number of hydrogen-bond donors (Lipinski definition) is 1. The van der Waals surface area contributed by atoms with Gasteiger partial charge in [0.1, 0.15) is 18.5 Å². The summed E-state index contributed by atoms with van der Waals surface area (Å²) in [7, 11) is 0. The Morgan fingerprint density at radius 2 is 1.81 bits per heavy atom. The molecular formula is C20H28N2O5. The number of carbonyl (C=O) groups excluding carboxylic acids is 3. The number of carbonyl (C=O) groups is 3. The number of piperidine rings is 1. The second-order valence-corrected chi connectivity index (χ2v) is 7.81. The highest BCUT2D eigenvalue weighted by atomic mass is 16.6. The van der Waals surface area contributed by atoms with E-state index in [1.165, 1.54) is 0 Å². The molecule has 0 bridgehead atoms. The third kappa shape index (κ3) is 6.58. The summed E-state index contributed by atoms with van der Waals surface area (Å²) in [5.41, 5.74) is -0.390. The lowest BCUT2D eigenvalue weighted by Crippen LogP contribution is -2.57. The van der Waals surface area contributed by atoms with E-state index in [-0.39, 0.29) is 13.0 Å². The van der Waals surface area contributed by atoms with Gasteiger partial charge in [0.2, 0.25) is 0 Å². The largest absolute Gasteiger partial charge is 0.445 e. The van der Waals surface area contributed by atoms with Gasteiger partial charge in [-0.2, -0.15) is 0 Å². The molecule has 2 rings (SSSR count). The van der Waals surface area contributed by atoms with E-state index in [9.17, 15) is 14.4 Å². The zero-order chi connectivity index (χ0) is 19.9. The van der Waals surface area contributed by atoms with Crippen LogP contribution in [-0.4, -0.2) is 47.6 Å². The lowest BCUT2D eigenvalue weighted by molar-refractivity contribution is -0.109. The molecule has 148 valence electrons. The van der Waals surface area contributed by atoms with Crippen molar-refractivity contribution in [2.45, 2.75) is 57.8 Å².